The van der Waals surface area contributed by atoms with Crippen molar-refractivity contribution in [3.8, 4) is 6.07 Å². The van der Waals surface area contributed by atoms with Gasteiger partial charge in [-0.3, -0.25) is 14.7 Å². The number of carbonyl (C=O) groups is 1. The van der Waals surface area contributed by atoms with Crippen LogP contribution in [0.15, 0.2) is 48.9 Å². The molecular weight excluding hydrogens is 439 g/mol. The van der Waals surface area contributed by atoms with Crippen molar-refractivity contribution in [2.75, 3.05) is 9.80 Å². The molecule has 162 valence electrons. The molecule has 2 aliphatic rings. The van der Waals surface area contributed by atoms with Crippen LogP contribution >= 0.6 is 12.6 Å². The molecule has 5 rings (SSSR count). The maximum absolute atomic E-state index is 13.5. The van der Waals surface area contributed by atoms with Gasteiger partial charge in [0, 0.05) is 23.5 Å². The molecule has 10 heteroatoms. The lowest BCUT2D eigenvalue weighted by Crippen LogP contribution is -2.55. The Morgan fingerprint density at radius 1 is 1.12 bits per heavy atom. The van der Waals surface area contributed by atoms with E-state index in [4.69, 9.17) is 5.26 Å². The lowest BCUT2D eigenvalue weighted by Gasteiger charge is -2.44. The molecule has 1 unspecified atom stereocenters. The van der Waals surface area contributed by atoms with Gasteiger partial charge in [-0.15, -0.1) is 12.6 Å². The molecule has 1 spiro atoms. The summed E-state index contributed by atoms with van der Waals surface area (Å²) in [6, 6.07) is 9.83. The Kier molecular flexibility index (Phi) is 4.57. The summed E-state index contributed by atoms with van der Waals surface area (Å²) < 4.78 is 40.5. The topological polar surface area (TPSA) is 73.1 Å². The number of hydrogen-bond donors (Lipinski definition) is 1. The molecule has 1 aliphatic heterocycles. The van der Waals surface area contributed by atoms with E-state index < -0.39 is 28.5 Å². The van der Waals surface area contributed by atoms with Crippen LogP contribution in [0.3, 0.4) is 0 Å². The number of thiol groups is 1. The smallest absolute Gasteiger partial charge is 0.328 e. The summed E-state index contributed by atoms with van der Waals surface area (Å²) >= 11 is 4.66. The standard InChI is InChI=1S/C22H16F3N5OS/c23-22(24,25)17-9-16(12-28-18(17)10-26)29-19(31)21(5-1-6-21)30(20(29)32)15-3-2-13-4-7-27-11-14(13)8-15/h2-4,7-9,11-12,20,32H,1,5-6H2. The number of benzene rings is 1. The summed E-state index contributed by atoms with van der Waals surface area (Å²) in [6.45, 7) is 0. The van der Waals surface area contributed by atoms with E-state index in [0.29, 0.717) is 12.8 Å². The van der Waals surface area contributed by atoms with E-state index in [2.05, 4.69) is 22.6 Å². The molecule has 1 saturated heterocycles. The van der Waals surface area contributed by atoms with Gasteiger partial charge in [0.1, 0.15) is 11.6 Å². The Bertz CT molecular complexity index is 1280. The van der Waals surface area contributed by atoms with Gasteiger partial charge in [0.25, 0.3) is 5.91 Å². The lowest BCUT2D eigenvalue weighted by molar-refractivity contribution is -0.138. The molecule has 0 bridgehead atoms. The van der Waals surface area contributed by atoms with Crippen LogP contribution in [-0.4, -0.2) is 26.9 Å². The number of alkyl halides is 3. The van der Waals surface area contributed by atoms with Crippen molar-refractivity contribution >= 4 is 40.7 Å². The van der Waals surface area contributed by atoms with Gasteiger partial charge < -0.3 is 4.90 Å². The highest BCUT2D eigenvalue weighted by Crippen LogP contribution is 2.50. The van der Waals surface area contributed by atoms with Crippen molar-refractivity contribution in [2.45, 2.75) is 36.5 Å². The second kappa shape index (κ2) is 7.10. The molecule has 6 nitrogen and oxygen atoms in total. The summed E-state index contributed by atoms with van der Waals surface area (Å²) in [5.74, 6) is -0.324. The molecule has 1 aromatic carbocycles. The minimum atomic E-state index is -4.78. The number of rotatable bonds is 2. The highest BCUT2D eigenvalue weighted by molar-refractivity contribution is 7.81. The Morgan fingerprint density at radius 2 is 1.91 bits per heavy atom. The van der Waals surface area contributed by atoms with E-state index in [0.717, 1.165) is 35.1 Å². The quantitative estimate of drug-likeness (QED) is 0.576. The van der Waals surface area contributed by atoms with Gasteiger partial charge in [-0.25, -0.2) is 4.98 Å². The third kappa shape index (κ3) is 2.92. The average Bonchev–Trinajstić information content (AvgIpc) is 2.99. The fourth-order valence-corrected chi connectivity index (χ4v) is 5.07. The van der Waals surface area contributed by atoms with Gasteiger partial charge in [0.2, 0.25) is 0 Å². The second-order valence-corrected chi connectivity index (χ2v) is 8.34. The second-order valence-electron chi connectivity index (χ2n) is 7.88. The molecule has 0 radical (unpaired) electrons. The molecule has 1 amide bonds. The van der Waals surface area contributed by atoms with Crippen LogP contribution in [0, 0.1) is 11.3 Å². The van der Waals surface area contributed by atoms with Crippen molar-refractivity contribution in [1.29, 1.82) is 5.26 Å². The number of pyridine rings is 2. The van der Waals surface area contributed by atoms with Crippen LogP contribution in [0.4, 0.5) is 24.5 Å². The molecule has 0 N–H and O–H groups in total. The lowest BCUT2D eigenvalue weighted by atomic mass is 9.75. The van der Waals surface area contributed by atoms with E-state index in [1.165, 1.54) is 11.0 Å². The van der Waals surface area contributed by atoms with Crippen LogP contribution in [0.5, 0.6) is 0 Å². The zero-order chi connectivity index (χ0) is 22.7. The van der Waals surface area contributed by atoms with E-state index in [1.54, 1.807) is 12.4 Å². The molecular formula is C22H16F3N5OS. The normalized spacial score (nSPS) is 20.0. The summed E-state index contributed by atoms with van der Waals surface area (Å²) in [5.41, 5.74) is -2.94. The molecule has 2 aromatic heterocycles. The summed E-state index contributed by atoms with van der Waals surface area (Å²) in [4.78, 5) is 24.4. The Balaban J connectivity index is 1.62. The van der Waals surface area contributed by atoms with E-state index in [-0.39, 0.29) is 11.6 Å². The first-order chi connectivity index (χ1) is 15.3. The van der Waals surface area contributed by atoms with Crippen LogP contribution in [0.25, 0.3) is 10.8 Å². The highest BCUT2D eigenvalue weighted by Gasteiger charge is 2.60. The summed E-state index contributed by atoms with van der Waals surface area (Å²) in [5, 5.41) is 10.9. The molecule has 1 aliphatic carbocycles. The number of hydrogen-bond acceptors (Lipinski definition) is 6. The third-order valence-corrected chi connectivity index (χ3v) is 6.65. The van der Waals surface area contributed by atoms with Crippen molar-refractivity contribution < 1.29 is 18.0 Å². The zero-order valence-electron chi connectivity index (χ0n) is 16.5. The van der Waals surface area contributed by atoms with Gasteiger partial charge in [0.05, 0.1) is 17.4 Å². The molecule has 32 heavy (non-hydrogen) atoms. The fraction of sp³-hybridized carbons (Fsp3) is 0.273. The molecule has 2 fully saturated rings. The first-order valence-corrected chi connectivity index (χ1v) is 10.4. The molecule has 3 heterocycles. The number of halogens is 3. The largest absolute Gasteiger partial charge is 0.419 e. The molecule has 1 atom stereocenters. The number of carbonyl (C=O) groups excluding carboxylic acids is 1. The van der Waals surface area contributed by atoms with Crippen LogP contribution in [-0.2, 0) is 11.0 Å². The Labute approximate surface area is 186 Å². The number of nitrogens with zero attached hydrogens (tertiary/aromatic N) is 5. The van der Waals surface area contributed by atoms with Gasteiger partial charge in [-0.1, -0.05) is 6.07 Å². The SMILES string of the molecule is N#Cc1ncc(N2C(=O)C3(CCC3)N(c3ccc4ccncc4c3)C2S)cc1C(F)(F)F. The first-order valence-electron chi connectivity index (χ1n) is 9.88. The van der Waals surface area contributed by atoms with Crippen LogP contribution < -0.4 is 9.80 Å². The first kappa shape index (κ1) is 20.6. The van der Waals surface area contributed by atoms with Crippen molar-refractivity contribution in [3.63, 3.8) is 0 Å². The number of aromatic nitrogens is 2. The Morgan fingerprint density at radius 3 is 2.56 bits per heavy atom. The van der Waals surface area contributed by atoms with Gasteiger partial charge in [0.15, 0.2) is 11.2 Å². The van der Waals surface area contributed by atoms with E-state index in [1.807, 2.05) is 29.2 Å². The van der Waals surface area contributed by atoms with Crippen molar-refractivity contribution in [3.05, 3.63) is 60.2 Å². The predicted molar refractivity (Wildman–Crippen MR) is 115 cm³/mol. The van der Waals surface area contributed by atoms with E-state index >= 15 is 0 Å². The number of nitriles is 1. The molecule has 1 saturated carbocycles. The van der Waals surface area contributed by atoms with E-state index in [9.17, 15) is 18.0 Å². The summed E-state index contributed by atoms with van der Waals surface area (Å²) in [6.07, 6.45) is 1.71. The Hall–Kier alpha value is -3.32. The van der Waals surface area contributed by atoms with Crippen molar-refractivity contribution in [1.82, 2.24) is 9.97 Å². The monoisotopic (exact) mass is 455 g/mol. The zero-order valence-corrected chi connectivity index (χ0v) is 17.4. The minimum absolute atomic E-state index is 0.0439. The predicted octanol–water partition coefficient (Wildman–Crippen LogP) is 4.51. The minimum Gasteiger partial charge on any atom is -0.328 e. The molecule has 3 aromatic rings. The number of anilines is 2. The van der Waals surface area contributed by atoms with Crippen LogP contribution in [0.2, 0.25) is 0 Å². The average molecular weight is 455 g/mol. The van der Waals surface area contributed by atoms with Gasteiger partial charge in [-0.2, -0.15) is 18.4 Å². The third-order valence-electron chi connectivity index (χ3n) is 6.19. The maximum Gasteiger partial charge on any atom is 0.419 e. The maximum atomic E-state index is 13.5. The number of amides is 1. The van der Waals surface area contributed by atoms with Crippen LogP contribution in [0.1, 0.15) is 30.5 Å². The summed E-state index contributed by atoms with van der Waals surface area (Å²) in [7, 11) is 0. The highest BCUT2D eigenvalue weighted by atomic mass is 32.1. The van der Waals surface area contributed by atoms with Gasteiger partial charge >= 0.3 is 6.18 Å². The number of fused-ring (bicyclic) bond motifs is 1. The van der Waals surface area contributed by atoms with Crippen molar-refractivity contribution in [2.24, 2.45) is 0 Å². The fourth-order valence-electron chi connectivity index (χ4n) is 4.48. The van der Waals surface area contributed by atoms with Gasteiger partial charge in [-0.05, 0) is 48.9 Å².